The average molecular weight is 331 g/mol. The van der Waals surface area contributed by atoms with Crippen LogP contribution in [0.2, 0.25) is 5.02 Å². The number of aliphatic hydroxyl groups excluding tert-OH is 1. The average Bonchev–Trinajstić information content (AvgIpc) is 2.89. The van der Waals surface area contributed by atoms with Crippen molar-refractivity contribution in [3.63, 3.8) is 0 Å². The lowest BCUT2D eigenvalue weighted by atomic mass is 10.2. The molecule has 3 rings (SSSR count). The molecule has 0 bridgehead atoms. The fourth-order valence-corrected chi connectivity index (χ4v) is 2.75. The van der Waals surface area contributed by atoms with Gasteiger partial charge in [-0.15, -0.1) is 0 Å². The summed E-state index contributed by atoms with van der Waals surface area (Å²) in [6.07, 6.45) is 0.536. The number of fused-ring (bicyclic) bond motifs is 1. The zero-order valence-corrected chi connectivity index (χ0v) is 13.8. The highest BCUT2D eigenvalue weighted by Gasteiger charge is 2.10. The summed E-state index contributed by atoms with van der Waals surface area (Å²) in [7, 11) is 0. The van der Waals surface area contributed by atoms with Crippen LogP contribution in [-0.2, 0) is 13.0 Å². The van der Waals surface area contributed by atoms with E-state index in [0.717, 1.165) is 33.2 Å². The lowest BCUT2D eigenvalue weighted by molar-refractivity contribution is 0.283. The van der Waals surface area contributed by atoms with E-state index >= 15 is 0 Å². The minimum Gasteiger partial charge on any atom is -0.492 e. The summed E-state index contributed by atoms with van der Waals surface area (Å²) in [4.78, 5) is 4.58. The van der Waals surface area contributed by atoms with Crippen molar-refractivity contribution < 1.29 is 9.84 Å². The fraction of sp³-hybridized carbons (Fsp3) is 0.278. The maximum Gasteiger partial charge on any atom is 0.119 e. The highest BCUT2D eigenvalue weighted by atomic mass is 35.5. The van der Waals surface area contributed by atoms with Crippen LogP contribution in [-0.4, -0.2) is 27.9 Å². The minimum atomic E-state index is 0.0839. The van der Waals surface area contributed by atoms with Crippen LogP contribution in [0.4, 0.5) is 0 Å². The maximum atomic E-state index is 9.23. The van der Waals surface area contributed by atoms with Gasteiger partial charge in [0, 0.05) is 11.4 Å². The van der Waals surface area contributed by atoms with Crippen molar-refractivity contribution in [3.8, 4) is 5.75 Å². The molecule has 0 saturated heterocycles. The largest absolute Gasteiger partial charge is 0.492 e. The van der Waals surface area contributed by atoms with Crippen molar-refractivity contribution in [1.82, 2.24) is 9.55 Å². The Labute approximate surface area is 140 Å². The molecule has 0 amide bonds. The van der Waals surface area contributed by atoms with Gasteiger partial charge in [-0.25, -0.2) is 4.98 Å². The number of hydrogen-bond donors (Lipinski definition) is 1. The molecule has 0 aliphatic carbocycles. The number of aromatic nitrogens is 2. The second kappa shape index (κ2) is 7.02. The van der Waals surface area contributed by atoms with E-state index in [1.165, 1.54) is 0 Å². The van der Waals surface area contributed by atoms with E-state index in [1.807, 2.05) is 49.4 Å². The number of rotatable bonds is 6. The molecule has 0 spiro atoms. The molecule has 0 aliphatic rings. The molecule has 0 aliphatic heterocycles. The van der Waals surface area contributed by atoms with E-state index < -0.39 is 0 Å². The van der Waals surface area contributed by atoms with Crippen LogP contribution in [0.25, 0.3) is 11.0 Å². The molecule has 0 saturated carbocycles. The molecule has 5 heteroatoms. The van der Waals surface area contributed by atoms with Crippen LogP contribution in [0, 0.1) is 6.92 Å². The third kappa shape index (κ3) is 3.49. The number of aliphatic hydroxyl groups is 1. The first-order chi connectivity index (χ1) is 11.2. The number of nitrogens with zero attached hydrogens (tertiary/aromatic N) is 2. The molecule has 0 radical (unpaired) electrons. The molecule has 23 heavy (non-hydrogen) atoms. The van der Waals surface area contributed by atoms with Crippen LogP contribution in [0.15, 0.2) is 42.5 Å². The molecular weight excluding hydrogens is 312 g/mol. The van der Waals surface area contributed by atoms with Gasteiger partial charge in [0.2, 0.25) is 0 Å². The van der Waals surface area contributed by atoms with Crippen LogP contribution in [0.5, 0.6) is 5.75 Å². The normalized spacial score (nSPS) is 11.1. The summed E-state index contributed by atoms with van der Waals surface area (Å²) in [5.74, 6) is 1.68. The molecule has 3 aromatic rings. The third-order valence-electron chi connectivity index (χ3n) is 3.78. The molecular formula is C18H19ClN2O2. The monoisotopic (exact) mass is 330 g/mol. The van der Waals surface area contributed by atoms with Gasteiger partial charge in [0.15, 0.2) is 0 Å². The second-order valence-electron chi connectivity index (χ2n) is 5.40. The number of imidazole rings is 1. The molecule has 0 unspecified atom stereocenters. The predicted molar refractivity (Wildman–Crippen MR) is 92.2 cm³/mol. The Hall–Kier alpha value is -2.04. The topological polar surface area (TPSA) is 47.3 Å². The van der Waals surface area contributed by atoms with Crippen molar-refractivity contribution in [2.45, 2.75) is 19.9 Å². The highest BCUT2D eigenvalue weighted by Crippen LogP contribution is 2.21. The molecule has 1 heterocycles. The first-order valence-corrected chi connectivity index (χ1v) is 8.01. The van der Waals surface area contributed by atoms with Crippen molar-refractivity contribution in [1.29, 1.82) is 0 Å². The van der Waals surface area contributed by atoms with Crippen LogP contribution in [0.1, 0.15) is 11.4 Å². The summed E-state index contributed by atoms with van der Waals surface area (Å²) < 4.78 is 7.93. The number of halogens is 1. The molecule has 2 aromatic carbocycles. The number of ether oxygens (including phenoxy) is 1. The molecule has 4 nitrogen and oxygen atoms in total. The Bertz CT molecular complexity index is 814. The SMILES string of the molecule is Cc1cc(OCCn2c(CCO)nc3ccccc32)ccc1Cl. The van der Waals surface area contributed by atoms with Gasteiger partial charge in [0.1, 0.15) is 18.2 Å². The van der Waals surface area contributed by atoms with Gasteiger partial charge in [0.05, 0.1) is 24.2 Å². The predicted octanol–water partition coefficient (Wildman–Crippen LogP) is 3.61. The fourth-order valence-electron chi connectivity index (χ4n) is 2.63. The summed E-state index contributed by atoms with van der Waals surface area (Å²) >= 11 is 6.03. The number of para-hydroxylation sites is 2. The molecule has 0 fully saturated rings. The minimum absolute atomic E-state index is 0.0839. The number of hydrogen-bond acceptors (Lipinski definition) is 3. The zero-order chi connectivity index (χ0) is 16.2. The summed E-state index contributed by atoms with van der Waals surface area (Å²) in [5.41, 5.74) is 3.00. The maximum absolute atomic E-state index is 9.23. The summed E-state index contributed by atoms with van der Waals surface area (Å²) in [5, 5.41) is 9.97. The van der Waals surface area contributed by atoms with Crippen LogP contribution in [0.3, 0.4) is 0 Å². The van der Waals surface area contributed by atoms with Gasteiger partial charge in [-0.05, 0) is 42.8 Å². The first kappa shape index (κ1) is 15.8. The van der Waals surface area contributed by atoms with E-state index in [4.69, 9.17) is 16.3 Å². The quantitative estimate of drug-likeness (QED) is 0.751. The standard InChI is InChI=1S/C18H19ClN2O2/c1-13-12-14(6-7-15(13)19)23-11-9-21-17-5-3-2-4-16(17)20-18(21)8-10-22/h2-7,12,22H,8-11H2,1H3. The molecule has 1 N–H and O–H groups in total. The van der Waals surface area contributed by atoms with Gasteiger partial charge in [-0.1, -0.05) is 23.7 Å². The van der Waals surface area contributed by atoms with E-state index in [9.17, 15) is 5.11 Å². The van der Waals surface area contributed by atoms with Gasteiger partial charge < -0.3 is 14.4 Å². The van der Waals surface area contributed by atoms with Crippen LogP contribution >= 0.6 is 11.6 Å². The van der Waals surface area contributed by atoms with E-state index in [-0.39, 0.29) is 6.61 Å². The summed E-state index contributed by atoms with van der Waals surface area (Å²) in [6, 6.07) is 13.6. The molecule has 120 valence electrons. The Morgan fingerprint density at radius 1 is 1.22 bits per heavy atom. The van der Waals surface area contributed by atoms with Crippen LogP contribution < -0.4 is 4.74 Å². The number of aryl methyl sites for hydroxylation is 1. The van der Waals surface area contributed by atoms with Gasteiger partial charge in [-0.2, -0.15) is 0 Å². The van der Waals surface area contributed by atoms with Gasteiger partial charge in [-0.3, -0.25) is 0 Å². The van der Waals surface area contributed by atoms with E-state index in [2.05, 4.69) is 9.55 Å². The molecule has 0 atom stereocenters. The van der Waals surface area contributed by atoms with Gasteiger partial charge in [0.25, 0.3) is 0 Å². The molecule has 1 aromatic heterocycles. The van der Waals surface area contributed by atoms with Gasteiger partial charge >= 0.3 is 0 Å². The second-order valence-corrected chi connectivity index (χ2v) is 5.81. The Morgan fingerprint density at radius 2 is 2.04 bits per heavy atom. The van der Waals surface area contributed by atoms with Crippen molar-refractivity contribution in [2.24, 2.45) is 0 Å². The van der Waals surface area contributed by atoms with Crippen molar-refractivity contribution in [2.75, 3.05) is 13.2 Å². The zero-order valence-electron chi connectivity index (χ0n) is 13.0. The highest BCUT2D eigenvalue weighted by molar-refractivity contribution is 6.31. The Morgan fingerprint density at radius 3 is 2.83 bits per heavy atom. The first-order valence-electron chi connectivity index (χ1n) is 7.63. The lowest BCUT2D eigenvalue weighted by Crippen LogP contribution is -2.12. The third-order valence-corrected chi connectivity index (χ3v) is 4.21. The smallest absolute Gasteiger partial charge is 0.119 e. The van der Waals surface area contributed by atoms with E-state index in [1.54, 1.807) is 0 Å². The van der Waals surface area contributed by atoms with E-state index in [0.29, 0.717) is 19.6 Å². The Kier molecular flexibility index (Phi) is 4.84. The lowest BCUT2D eigenvalue weighted by Gasteiger charge is -2.11. The Balaban J connectivity index is 1.75. The number of benzene rings is 2. The summed E-state index contributed by atoms with van der Waals surface area (Å²) in [6.45, 7) is 3.25. The van der Waals surface area contributed by atoms with Crippen molar-refractivity contribution >= 4 is 22.6 Å². The van der Waals surface area contributed by atoms with Crippen molar-refractivity contribution in [3.05, 3.63) is 58.9 Å².